The minimum absolute atomic E-state index is 0.353. The van der Waals surface area contributed by atoms with Crippen LogP contribution in [0.25, 0.3) is 10.2 Å². The van der Waals surface area contributed by atoms with Crippen LogP contribution < -0.4 is 0 Å². The highest BCUT2D eigenvalue weighted by Crippen LogP contribution is 2.33. The Hall–Kier alpha value is -1.57. The van der Waals surface area contributed by atoms with Gasteiger partial charge in [0.05, 0.1) is 21.9 Å². The molecule has 7 heteroatoms. The SMILES string of the molecule is CC(C)n1cnn(CN2CCC(c3nc4ccccc4s3)CC2)c1=S. The molecule has 2 aromatic heterocycles. The van der Waals surface area contributed by atoms with E-state index in [1.165, 1.54) is 9.71 Å². The number of para-hydroxylation sites is 1. The molecule has 25 heavy (non-hydrogen) atoms. The molecule has 1 aromatic carbocycles. The summed E-state index contributed by atoms with van der Waals surface area (Å²) in [6.07, 6.45) is 4.15. The second-order valence-electron chi connectivity index (χ2n) is 6.97. The van der Waals surface area contributed by atoms with Crippen LogP contribution in [0.5, 0.6) is 0 Å². The zero-order valence-corrected chi connectivity index (χ0v) is 16.3. The molecule has 4 rings (SSSR count). The Morgan fingerprint density at radius 3 is 2.68 bits per heavy atom. The van der Waals surface area contributed by atoms with Crippen LogP contribution in [0.4, 0.5) is 0 Å². The summed E-state index contributed by atoms with van der Waals surface area (Å²) in [5.41, 5.74) is 1.13. The molecular formula is C18H23N5S2. The summed E-state index contributed by atoms with van der Waals surface area (Å²) >= 11 is 7.39. The van der Waals surface area contributed by atoms with Gasteiger partial charge in [0.1, 0.15) is 6.33 Å². The van der Waals surface area contributed by atoms with E-state index in [1.807, 2.05) is 26.9 Å². The Morgan fingerprint density at radius 2 is 2.00 bits per heavy atom. The number of hydrogen-bond donors (Lipinski definition) is 0. The molecule has 1 aliphatic heterocycles. The first-order valence-electron chi connectivity index (χ1n) is 8.83. The van der Waals surface area contributed by atoms with Gasteiger partial charge in [0.15, 0.2) is 4.77 Å². The number of aromatic nitrogens is 4. The van der Waals surface area contributed by atoms with E-state index < -0.39 is 0 Å². The first kappa shape index (κ1) is 16.9. The Labute approximate surface area is 156 Å². The van der Waals surface area contributed by atoms with E-state index in [-0.39, 0.29) is 0 Å². The summed E-state index contributed by atoms with van der Waals surface area (Å²) in [7, 11) is 0. The molecule has 3 heterocycles. The molecule has 0 radical (unpaired) electrons. The first-order valence-corrected chi connectivity index (χ1v) is 10.1. The van der Waals surface area contributed by atoms with Crippen molar-refractivity contribution >= 4 is 33.8 Å². The van der Waals surface area contributed by atoms with E-state index >= 15 is 0 Å². The summed E-state index contributed by atoms with van der Waals surface area (Å²) in [5, 5.41) is 5.75. The molecule has 0 saturated carbocycles. The van der Waals surface area contributed by atoms with E-state index in [1.54, 1.807) is 0 Å². The Morgan fingerprint density at radius 1 is 1.24 bits per heavy atom. The van der Waals surface area contributed by atoms with Crippen molar-refractivity contribution in [3.8, 4) is 0 Å². The summed E-state index contributed by atoms with van der Waals surface area (Å²) in [6, 6.07) is 8.78. The Balaban J connectivity index is 1.40. The van der Waals surface area contributed by atoms with Crippen molar-refractivity contribution in [1.29, 1.82) is 0 Å². The Kier molecular flexibility index (Phi) is 4.71. The predicted molar refractivity (Wildman–Crippen MR) is 105 cm³/mol. The summed E-state index contributed by atoms with van der Waals surface area (Å²) in [6.45, 7) is 7.18. The Bertz CT molecular complexity index is 882. The van der Waals surface area contributed by atoms with Gasteiger partial charge in [0.2, 0.25) is 0 Å². The van der Waals surface area contributed by atoms with E-state index in [9.17, 15) is 0 Å². The van der Waals surface area contributed by atoms with Crippen molar-refractivity contribution in [2.45, 2.75) is 45.3 Å². The van der Waals surface area contributed by atoms with Crippen molar-refractivity contribution in [3.63, 3.8) is 0 Å². The van der Waals surface area contributed by atoms with Crippen LogP contribution >= 0.6 is 23.6 Å². The number of piperidine rings is 1. The quantitative estimate of drug-likeness (QED) is 0.634. The molecule has 0 N–H and O–H groups in total. The lowest BCUT2D eigenvalue weighted by Gasteiger charge is -2.30. The van der Waals surface area contributed by atoms with Crippen LogP contribution in [0.3, 0.4) is 0 Å². The smallest absolute Gasteiger partial charge is 0.199 e. The van der Waals surface area contributed by atoms with E-state index in [0.717, 1.165) is 42.9 Å². The zero-order valence-electron chi connectivity index (χ0n) is 14.6. The van der Waals surface area contributed by atoms with Gasteiger partial charge < -0.3 is 4.57 Å². The fraction of sp³-hybridized carbons (Fsp3) is 0.500. The summed E-state index contributed by atoms with van der Waals surface area (Å²) < 4.78 is 6.09. The number of benzene rings is 1. The van der Waals surface area contributed by atoms with Gasteiger partial charge in [-0.25, -0.2) is 9.67 Å². The van der Waals surface area contributed by atoms with Gasteiger partial charge in [-0.15, -0.1) is 11.3 Å². The van der Waals surface area contributed by atoms with Crippen molar-refractivity contribution in [3.05, 3.63) is 40.4 Å². The lowest BCUT2D eigenvalue weighted by molar-refractivity contribution is 0.160. The number of likely N-dealkylation sites (tertiary alicyclic amines) is 1. The van der Waals surface area contributed by atoms with Crippen LogP contribution in [0.15, 0.2) is 30.6 Å². The number of rotatable bonds is 4. The van der Waals surface area contributed by atoms with E-state index in [4.69, 9.17) is 17.2 Å². The van der Waals surface area contributed by atoms with Gasteiger partial charge in [0, 0.05) is 25.0 Å². The highest BCUT2D eigenvalue weighted by Gasteiger charge is 2.23. The highest BCUT2D eigenvalue weighted by atomic mass is 32.1. The van der Waals surface area contributed by atoms with Crippen molar-refractivity contribution in [2.75, 3.05) is 13.1 Å². The average Bonchev–Trinajstić information content (AvgIpc) is 3.20. The molecule has 5 nitrogen and oxygen atoms in total. The molecular weight excluding hydrogens is 350 g/mol. The standard InChI is InChI=1S/C18H23N5S2/c1-13(2)22-11-19-23(18(22)24)12-21-9-7-14(8-10-21)17-20-15-5-3-4-6-16(15)25-17/h3-6,11,13-14H,7-10,12H2,1-2H3. The molecule has 0 bridgehead atoms. The molecule has 0 spiro atoms. The van der Waals surface area contributed by atoms with Crippen LogP contribution in [0.2, 0.25) is 0 Å². The minimum atomic E-state index is 0.353. The highest BCUT2D eigenvalue weighted by molar-refractivity contribution is 7.71. The van der Waals surface area contributed by atoms with Gasteiger partial charge >= 0.3 is 0 Å². The lowest BCUT2D eigenvalue weighted by atomic mass is 9.98. The van der Waals surface area contributed by atoms with Crippen LogP contribution in [0.1, 0.15) is 43.7 Å². The van der Waals surface area contributed by atoms with Gasteiger partial charge in [-0.1, -0.05) is 12.1 Å². The second-order valence-corrected chi connectivity index (χ2v) is 8.39. The summed E-state index contributed by atoms with van der Waals surface area (Å²) in [5.74, 6) is 0.579. The third-order valence-electron chi connectivity index (χ3n) is 4.89. The minimum Gasteiger partial charge on any atom is -0.304 e. The third kappa shape index (κ3) is 3.41. The van der Waals surface area contributed by atoms with E-state index in [2.05, 4.69) is 48.1 Å². The van der Waals surface area contributed by atoms with Crippen LogP contribution in [-0.4, -0.2) is 37.3 Å². The van der Waals surface area contributed by atoms with Gasteiger partial charge in [0.25, 0.3) is 0 Å². The second kappa shape index (κ2) is 6.97. The van der Waals surface area contributed by atoms with Crippen molar-refractivity contribution in [2.24, 2.45) is 0 Å². The third-order valence-corrected chi connectivity index (χ3v) is 6.52. The normalized spacial score (nSPS) is 16.9. The fourth-order valence-corrected chi connectivity index (χ4v) is 4.88. The number of thiazole rings is 1. The molecule has 1 saturated heterocycles. The monoisotopic (exact) mass is 373 g/mol. The van der Waals surface area contributed by atoms with Crippen LogP contribution in [-0.2, 0) is 6.67 Å². The van der Waals surface area contributed by atoms with Gasteiger partial charge in [-0.05, 0) is 51.0 Å². The maximum atomic E-state index is 5.54. The van der Waals surface area contributed by atoms with Crippen molar-refractivity contribution in [1.82, 2.24) is 24.2 Å². The summed E-state index contributed by atoms with van der Waals surface area (Å²) in [4.78, 5) is 7.29. The largest absolute Gasteiger partial charge is 0.304 e. The zero-order chi connectivity index (χ0) is 17.4. The molecule has 0 atom stereocenters. The average molecular weight is 374 g/mol. The van der Waals surface area contributed by atoms with Crippen molar-refractivity contribution < 1.29 is 0 Å². The van der Waals surface area contributed by atoms with Crippen LogP contribution in [0, 0.1) is 4.77 Å². The van der Waals surface area contributed by atoms with Gasteiger partial charge in [-0.2, -0.15) is 5.10 Å². The molecule has 0 aliphatic carbocycles. The lowest BCUT2D eigenvalue weighted by Crippen LogP contribution is -2.34. The molecule has 1 aliphatic rings. The molecule has 0 unspecified atom stereocenters. The molecule has 3 aromatic rings. The predicted octanol–water partition coefficient (Wildman–Crippen LogP) is 4.44. The number of fused-ring (bicyclic) bond motifs is 1. The maximum Gasteiger partial charge on any atom is 0.199 e. The fourth-order valence-electron chi connectivity index (χ4n) is 3.38. The topological polar surface area (TPSA) is 38.9 Å². The van der Waals surface area contributed by atoms with E-state index in [0.29, 0.717) is 12.0 Å². The maximum absolute atomic E-state index is 5.54. The number of nitrogens with zero attached hydrogens (tertiary/aromatic N) is 5. The van der Waals surface area contributed by atoms with Gasteiger partial charge in [-0.3, -0.25) is 4.90 Å². The molecule has 1 fully saturated rings. The molecule has 132 valence electrons. The molecule has 0 amide bonds. The first-order chi connectivity index (χ1) is 12.1. The number of hydrogen-bond acceptors (Lipinski definition) is 5.